The van der Waals surface area contributed by atoms with Crippen LogP contribution in [0.3, 0.4) is 0 Å². The van der Waals surface area contributed by atoms with Crippen LogP contribution >= 0.6 is 11.8 Å². The highest BCUT2D eigenvalue weighted by Gasteiger charge is 2.50. The van der Waals surface area contributed by atoms with Gasteiger partial charge in [0.15, 0.2) is 17.5 Å². The molecule has 0 atom stereocenters. The Hall–Kier alpha value is -7.47. The summed E-state index contributed by atoms with van der Waals surface area (Å²) in [6, 6.07) is 71.4. The standard InChI is InChI=1S/C55H34N4S/c1-4-15-35(16-5-1)40-28-29-41(51-42(40)21-14-32-56-51)38-26-30-45-43(33-38)44-34-39(54-58-52(36-17-6-2-7-18-36)57-53(59-54)37-19-8-3-9-20-37)27-31-46(44)55(45)47-22-10-12-24-49(47)60-50-25-13-11-23-48(50)55/h1-34H. The summed E-state index contributed by atoms with van der Waals surface area (Å²) in [6.45, 7) is 0. The highest BCUT2D eigenvalue weighted by molar-refractivity contribution is 7.99. The Kier molecular flexibility index (Phi) is 7.97. The second-order valence-corrected chi connectivity index (χ2v) is 16.4. The van der Waals surface area contributed by atoms with Crippen molar-refractivity contribution in [2.75, 3.05) is 0 Å². The van der Waals surface area contributed by atoms with E-state index in [2.05, 4.69) is 158 Å². The first kappa shape index (κ1) is 34.6. The van der Waals surface area contributed by atoms with Gasteiger partial charge in [-0.2, -0.15) is 0 Å². The van der Waals surface area contributed by atoms with E-state index in [0.29, 0.717) is 17.5 Å². The SMILES string of the molecule is c1ccc(-c2nc(-c3ccccc3)nc(-c3ccc4c(c3)-c3cc(-c5ccc(-c6ccccc6)c6cccnc56)ccc3C43c4ccccc4Sc4ccccc43)n2)cc1. The highest BCUT2D eigenvalue weighted by Crippen LogP contribution is 2.62. The lowest BCUT2D eigenvalue weighted by Crippen LogP contribution is -2.31. The molecule has 0 unspecified atom stereocenters. The van der Waals surface area contributed by atoms with Gasteiger partial charge in [0, 0.05) is 43.6 Å². The molecular formula is C55H34N4S. The van der Waals surface area contributed by atoms with E-state index in [1.54, 1.807) is 0 Å². The fourth-order valence-electron chi connectivity index (χ4n) is 9.43. The molecule has 0 saturated heterocycles. The number of hydrogen-bond donors (Lipinski definition) is 0. The first-order valence-corrected chi connectivity index (χ1v) is 21.0. The predicted molar refractivity (Wildman–Crippen MR) is 244 cm³/mol. The maximum Gasteiger partial charge on any atom is 0.164 e. The molecule has 0 bridgehead atoms. The molecule has 12 rings (SSSR count). The van der Waals surface area contributed by atoms with E-state index < -0.39 is 5.41 Å². The highest BCUT2D eigenvalue weighted by atomic mass is 32.2. The third kappa shape index (κ3) is 5.33. The summed E-state index contributed by atoms with van der Waals surface area (Å²) in [5, 5.41) is 1.13. The summed E-state index contributed by atoms with van der Waals surface area (Å²) < 4.78 is 0. The maximum atomic E-state index is 5.16. The van der Waals surface area contributed by atoms with E-state index in [0.717, 1.165) is 38.7 Å². The van der Waals surface area contributed by atoms with E-state index in [1.165, 1.54) is 54.3 Å². The van der Waals surface area contributed by atoms with Crippen molar-refractivity contribution < 1.29 is 0 Å². The van der Waals surface area contributed by atoms with Gasteiger partial charge in [0.1, 0.15) is 0 Å². The lowest BCUT2D eigenvalue weighted by Gasteiger charge is -2.39. The minimum absolute atomic E-state index is 0.527. The van der Waals surface area contributed by atoms with Gasteiger partial charge in [0.25, 0.3) is 0 Å². The molecule has 1 aliphatic carbocycles. The Morgan fingerprint density at radius 2 is 0.817 bits per heavy atom. The van der Waals surface area contributed by atoms with E-state index in [9.17, 15) is 0 Å². The van der Waals surface area contributed by atoms with Crippen LogP contribution in [0.25, 0.3) is 78.4 Å². The molecule has 8 aromatic carbocycles. The molecule has 0 N–H and O–H groups in total. The van der Waals surface area contributed by atoms with Gasteiger partial charge in [-0.3, -0.25) is 4.98 Å². The van der Waals surface area contributed by atoms with E-state index >= 15 is 0 Å². The van der Waals surface area contributed by atoms with E-state index in [4.69, 9.17) is 19.9 Å². The zero-order chi connectivity index (χ0) is 39.6. The molecule has 10 aromatic rings. The average molecular weight is 783 g/mol. The van der Waals surface area contributed by atoms with Crippen molar-refractivity contribution in [1.29, 1.82) is 0 Å². The van der Waals surface area contributed by atoms with Crippen LogP contribution in [0.5, 0.6) is 0 Å². The number of aromatic nitrogens is 4. The topological polar surface area (TPSA) is 51.6 Å². The van der Waals surface area contributed by atoms with E-state index in [-0.39, 0.29) is 0 Å². The second-order valence-electron chi connectivity index (χ2n) is 15.3. The number of fused-ring (bicyclic) bond motifs is 10. The number of hydrogen-bond acceptors (Lipinski definition) is 5. The second kappa shape index (κ2) is 13.8. The number of nitrogens with zero attached hydrogens (tertiary/aromatic N) is 4. The molecule has 0 amide bonds. The fourth-order valence-corrected chi connectivity index (χ4v) is 10.6. The summed E-state index contributed by atoms with van der Waals surface area (Å²) in [6.07, 6.45) is 1.90. The molecular weight excluding hydrogens is 749 g/mol. The Balaban J connectivity index is 1.12. The Labute approximate surface area is 352 Å². The van der Waals surface area contributed by atoms with Crippen molar-refractivity contribution in [1.82, 2.24) is 19.9 Å². The quantitative estimate of drug-likeness (QED) is 0.174. The number of rotatable bonds is 5. The minimum atomic E-state index is -0.527. The van der Waals surface area contributed by atoms with Crippen LogP contribution in [-0.4, -0.2) is 19.9 Å². The van der Waals surface area contributed by atoms with Crippen molar-refractivity contribution in [2.45, 2.75) is 15.2 Å². The largest absolute Gasteiger partial charge is 0.256 e. The molecule has 1 spiro atoms. The van der Waals surface area contributed by atoms with Crippen molar-refractivity contribution in [3.63, 3.8) is 0 Å². The van der Waals surface area contributed by atoms with Crippen LogP contribution in [0.15, 0.2) is 216 Å². The summed E-state index contributed by atoms with van der Waals surface area (Å²) in [7, 11) is 0. The molecule has 0 radical (unpaired) electrons. The van der Waals surface area contributed by atoms with Crippen LogP contribution in [-0.2, 0) is 5.41 Å². The zero-order valence-electron chi connectivity index (χ0n) is 32.3. The first-order valence-electron chi connectivity index (χ1n) is 20.2. The Morgan fingerprint density at radius 1 is 0.333 bits per heavy atom. The van der Waals surface area contributed by atoms with Crippen LogP contribution in [0.4, 0.5) is 0 Å². The fraction of sp³-hybridized carbons (Fsp3) is 0.0182. The molecule has 3 heterocycles. The summed E-state index contributed by atoms with van der Waals surface area (Å²) in [4.78, 5) is 22.9. The average Bonchev–Trinajstić information content (AvgIpc) is 3.61. The predicted octanol–water partition coefficient (Wildman–Crippen LogP) is 13.6. The maximum absolute atomic E-state index is 5.16. The normalized spacial score (nSPS) is 13.1. The molecule has 280 valence electrons. The Bertz CT molecular complexity index is 3190. The van der Waals surface area contributed by atoms with Crippen LogP contribution in [0, 0.1) is 0 Å². The first-order chi connectivity index (χ1) is 29.7. The molecule has 2 aromatic heterocycles. The molecule has 5 heteroatoms. The molecule has 0 fully saturated rings. The van der Waals surface area contributed by atoms with Crippen molar-refractivity contribution in [3.05, 3.63) is 229 Å². The molecule has 4 nitrogen and oxygen atoms in total. The minimum Gasteiger partial charge on any atom is -0.256 e. The third-order valence-electron chi connectivity index (χ3n) is 12.1. The molecule has 1 aliphatic heterocycles. The monoisotopic (exact) mass is 782 g/mol. The van der Waals surface area contributed by atoms with Gasteiger partial charge in [-0.25, -0.2) is 15.0 Å². The van der Waals surface area contributed by atoms with Gasteiger partial charge in [-0.05, 0) is 80.4 Å². The zero-order valence-corrected chi connectivity index (χ0v) is 33.1. The molecule has 0 saturated carbocycles. The summed E-state index contributed by atoms with van der Waals surface area (Å²) in [5.74, 6) is 1.92. The lowest BCUT2D eigenvalue weighted by atomic mass is 9.67. The van der Waals surface area contributed by atoms with Crippen molar-refractivity contribution >= 4 is 22.7 Å². The van der Waals surface area contributed by atoms with Gasteiger partial charge in [-0.1, -0.05) is 182 Å². The van der Waals surface area contributed by atoms with Gasteiger partial charge in [0.05, 0.1) is 10.9 Å². The summed E-state index contributed by atoms with van der Waals surface area (Å²) in [5.41, 5.74) is 15.3. The summed E-state index contributed by atoms with van der Waals surface area (Å²) >= 11 is 1.86. The smallest absolute Gasteiger partial charge is 0.164 e. The van der Waals surface area contributed by atoms with Crippen LogP contribution < -0.4 is 0 Å². The van der Waals surface area contributed by atoms with Gasteiger partial charge >= 0.3 is 0 Å². The number of pyridine rings is 1. The third-order valence-corrected chi connectivity index (χ3v) is 13.2. The van der Waals surface area contributed by atoms with Gasteiger partial charge < -0.3 is 0 Å². The molecule has 2 aliphatic rings. The van der Waals surface area contributed by atoms with Gasteiger partial charge in [0.2, 0.25) is 0 Å². The van der Waals surface area contributed by atoms with E-state index in [1.807, 2.05) is 60.4 Å². The number of benzene rings is 8. The van der Waals surface area contributed by atoms with Crippen molar-refractivity contribution in [3.8, 4) is 67.5 Å². The van der Waals surface area contributed by atoms with Crippen molar-refractivity contribution in [2.24, 2.45) is 0 Å². The molecule has 60 heavy (non-hydrogen) atoms. The van der Waals surface area contributed by atoms with Gasteiger partial charge in [-0.15, -0.1) is 0 Å². The van der Waals surface area contributed by atoms with Crippen LogP contribution in [0.1, 0.15) is 22.3 Å². The van der Waals surface area contributed by atoms with Crippen LogP contribution in [0.2, 0.25) is 0 Å². The Morgan fingerprint density at radius 3 is 1.42 bits per heavy atom. The lowest BCUT2D eigenvalue weighted by molar-refractivity contribution is 0.722.